The second-order valence-electron chi connectivity index (χ2n) is 10.3. The van der Waals surface area contributed by atoms with Crippen molar-refractivity contribution in [3.63, 3.8) is 0 Å². The van der Waals surface area contributed by atoms with E-state index >= 15 is 0 Å². The molecule has 0 aliphatic carbocycles. The van der Waals surface area contributed by atoms with Crippen LogP contribution in [0.2, 0.25) is 0 Å². The molecular weight excluding hydrogens is 658 g/mol. The Morgan fingerprint density at radius 1 is 0.551 bits per heavy atom. The van der Waals surface area contributed by atoms with Crippen LogP contribution in [-0.2, 0) is 49.1 Å². The first-order chi connectivity index (χ1) is 24.0. The van der Waals surface area contributed by atoms with Crippen molar-refractivity contribution in [3.05, 3.63) is 54.1 Å². The molecule has 2 rings (SSSR count). The van der Waals surface area contributed by atoms with E-state index in [2.05, 4.69) is 10.6 Å². The summed E-state index contributed by atoms with van der Waals surface area (Å²) in [5.41, 5.74) is 7.35. The topological polar surface area (TPSA) is 178 Å². The Bertz CT molecular complexity index is 1100. The molecule has 14 nitrogen and oxygen atoms in total. The zero-order valence-electron chi connectivity index (χ0n) is 28.3. The second kappa shape index (κ2) is 29.9. The molecule has 0 bridgehead atoms. The van der Waals surface area contributed by atoms with Gasteiger partial charge in [0.1, 0.15) is 5.75 Å². The smallest absolute Gasteiger partial charge is 0.283 e. The molecule has 276 valence electrons. The van der Waals surface area contributed by atoms with Gasteiger partial charge in [-0.2, -0.15) is 0 Å². The summed E-state index contributed by atoms with van der Waals surface area (Å²) in [7, 11) is 0. The molecule has 0 unspecified atom stereocenters. The number of amides is 2. The van der Waals surface area contributed by atoms with E-state index in [1.54, 1.807) is 36.4 Å². The van der Waals surface area contributed by atoms with Crippen LogP contribution in [-0.4, -0.2) is 135 Å². The lowest BCUT2D eigenvalue weighted by Crippen LogP contribution is -2.26. The molecule has 49 heavy (non-hydrogen) atoms. The number of benzene rings is 2. The summed E-state index contributed by atoms with van der Waals surface area (Å²) in [5, 5.41) is 14.8. The van der Waals surface area contributed by atoms with E-state index in [1.807, 2.05) is 12.1 Å². The number of thioether (sulfide) groups is 1. The van der Waals surface area contributed by atoms with Crippen molar-refractivity contribution in [3.8, 4) is 5.75 Å². The number of carbonyl (C=O) groups excluding carboxylic acids is 2. The predicted octanol–water partition coefficient (Wildman–Crippen LogP) is 2.66. The number of phenols is 1. The molecule has 2 aromatic rings. The van der Waals surface area contributed by atoms with Gasteiger partial charge in [0, 0.05) is 30.1 Å². The molecule has 0 aromatic heterocycles. The fourth-order valence-corrected chi connectivity index (χ4v) is 4.47. The molecule has 0 fully saturated rings. The van der Waals surface area contributed by atoms with Crippen LogP contribution >= 0.6 is 11.8 Å². The van der Waals surface area contributed by atoms with Gasteiger partial charge in [-0.25, -0.2) is 0 Å². The van der Waals surface area contributed by atoms with E-state index in [9.17, 15) is 14.7 Å². The molecule has 0 spiro atoms. The minimum absolute atomic E-state index is 0.0589. The SMILES string of the molecule is Nc1ccc(SC(=O)NCCOCCOCCOCCOCCOCCOCCOCCOCCC(=O)NCCc2ccc(O)cc2)cc1. The number of hydrogen-bond acceptors (Lipinski definition) is 13. The van der Waals surface area contributed by atoms with Gasteiger partial charge in [0.25, 0.3) is 5.24 Å². The lowest BCUT2D eigenvalue weighted by molar-refractivity contribution is -0.122. The van der Waals surface area contributed by atoms with Gasteiger partial charge >= 0.3 is 0 Å². The standard InChI is InChI=1S/C34H53N3O11S/c35-30-3-7-32(8-4-30)49-34(40)37-12-14-42-16-18-44-20-22-46-24-26-48-28-27-47-25-23-45-21-19-43-17-15-41-13-10-33(39)36-11-9-29-1-5-31(38)6-2-29/h1-8,38H,9-28,35H2,(H,36,39)(H,37,40). The van der Waals surface area contributed by atoms with E-state index in [4.69, 9.17) is 43.6 Å². The van der Waals surface area contributed by atoms with Gasteiger partial charge < -0.3 is 59.4 Å². The van der Waals surface area contributed by atoms with Gasteiger partial charge in [-0.05, 0) is 60.1 Å². The molecule has 0 saturated heterocycles. The van der Waals surface area contributed by atoms with Crippen molar-refractivity contribution in [1.82, 2.24) is 10.6 Å². The lowest BCUT2D eigenvalue weighted by atomic mass is 10.1. The van der Waals surface area contributed by atoms with Crippen molar-refractivity contribution in [2.24, 2.45) is 0 Å². The quantitative estimate of drug-likeness (QED) is 0.0510. The van der Waals surface area contributed by atoms with Crippen molar-refractivity contribution in [2.75, 3.05) is 125 Å². The summed E-state index contributed by atoms with van der Waals surface area (Å²) in [6.07, 6.45) is 1.00. The third kappa shape index (κ3) is 25.6. The first-order valence-electron chi connectivity index (χ1n) is 16.5. The summed E-state index contributed by atoms with van der Waals surface area (Å²) >= 11 is 1.11. The summed E-state index contributed by atoms with van der Waals surface area (Å²) in [5.74, 6) is 0.170. The van der Waals surface area contributed by atoms with Gasteiger partial charge in [-0.1, -0.05) is 12.1 Å². The van der Waals surface area contributed by atoms with Crippen molar-refractivity contribution < 1.29 is 52.6 Å². The third-order valence-electron chi connectivity index (χ3n) is 6.36. The Hall–Kier alpha value is -2.99. The van der Waals surface area contributed by atoms with Gasteiger partial charge in [0.05, 0.1) is 106 Å². The van der Waals surface area contributed by atoms with Crippen LogP contribution in [0.5, 0.6) is 5.75 Å². The summed E-state index contributed by atoms with van der Waals surface area (Å²) < 4.78 is 43.7. The fraction of sp³-hybridized carbons (Fsp3) is 0.588. The Balaban J connectivity index is 1.18. The van der Waals surface area contributed by atoms with Crippen LogP contribution in [0.1, 0.15) is 12.0 Å². The second-order valence-corrected chi connectivity index (χ2v) is 11.3. The summed E-state index contributed by atoms with van der Waals surface area (Å²) in [6, 6.07) is 14.1. The largest absolute Gasteiger partial charge is 0.508 e. The molecule has 2 aromatic carbocycles. The molecular formula is C34H53N3O11S. The molecule has 0 aliphatic rings. The number of phenolic OH excluding ortho intramolecular Hbond substituents is 1. The maximum Gasteiger partial charge on any atom is 0.283 e. The molecule has 0 aliphatic heterocycles. The third-order valence-corrected chi connectivity index (χ3v) is 7.19. The highest BCUT2D eigenvalue weighted by atomic mass is 32.2. The van der Waals surface area contributed by atoms with E-state index < -0.39 is 0 Å². The molecule has 0 heterocycles. The average molecular weight is 712 g/mol. The monoisotopic (exact) mass is 711 g/mol. The highest BCUT2D eigenvalue weighted by Crippen LogP contribution is 2.19. The number of hydrogen-bond donors (Lipinski definition) is 4. The van der Waals surface area contributed by atoms with Crippen LogP contribution in [0.15, 0.2) is 53.4 Å². The summed E-state index contributed by atoms with van der Waals surface area (Å²) in [4.78, 5) is 24.6. The van der Waals surface area contributed by atoms with Gasteiger partial charge in [-0.15, -0.1) is 0 Å². The number of rotatable bonds is 31. The zero-order chi connectivity index (χ0) is 35.0. The fourth-order valence-electron chi connectivity index (χ4n) is 3.81. The molecule has 2 amide bonds. The van der Waals surface area contributed by atoms with Crippen LogP contribution in [0.3, 0.4) is 0 Å². The summed E-state index contributed by atoms with van der Waals surface area (Å²) in [6.45, 7) is 8.13. The van der Waals surface area contributed by atoms with Crippen LogP contribution < -0.4 is 16.4 Å². The van der Waals surface area contributed by atoms with Crippen molar-refractivity contribution >= 4 is 28.6 Å². The maximum absolute atomic E-state index is 11.9. The Kier molecular flexibility index (Phi) is 25.7. The van der Waals surface area contributed by atoms with Gasteiger partial charge in [-0.3, -0.25) is 9.59 Å². The Labute approximate surface area is 293 Å². The number of anilines is 1. The van der Waals surface area contributed by atoms with Crippen molar-refractivity contribution in [1.29, 1.82) is 0 Å². The van der Waals surface area contributed by atoms with Crippen LogP contribution in [0.4, 0.5) is 10.5 Å². The predicted molar refractivity (Wildman–Crippen MR) is 186 cm³/mol. The van der Waals surface area contributed by atoms with Crippen LogP contribution in [0, 0.1) is 0 Å². The lowest BCUT2D eigenvalue weighted by Gasteiger charge is -2.09. The van der Waals surface area contributed by atoms with Crippen LogP contribution in [0.25, 0.3) is 0 Å². The first-order valence-corrected chi connectivity index (χ1v) is 17.3. The van der Waals surface area contributed by atoms with E-state index in [-0.39, 0.29) is 16.9 Å². The molecule has 0 saturated carbocycles. The molecule has 5 N–H and O–H groups in total. The Morgan fingerprint density at radius 3 is 1.45 bits per heavy atom. The van der Waals surface area contributed by atoms with Crippen molar-refractivity contribution in [2.45, 2.75) is 17.7 Å². The average Bonchev–Trinajstić information content (AvgIpc) is 3.09. The minimum atomic E-state index is -0.140. The number of nitrogen functional groups attached to an aromatic ring is 1. The maximum atomic E-state index is 11.9. The highest BCUT2D eigenvalue weighted by Gasteiger charge is 2.04. The number of carbonyl (C=O) groups is 2. The number of nitrogens with one attached hydrogen (secondary N) is 2. The highest BCUT2D eigenvalue weighted by molar-refractivity contribution is 8.13. The van der Waals surface area contributed by atoms with E-state index in [0.29, 0.717) is 137 Å². The molecule has 0 radical (unpaired) electrons. The van der Waals surface area contributed by atoms with Gasteiger partial charge in [0.15, 0.2) is 0 Å². The number of ether oxygens (including phenoxy) is 8. The Morgan fingerprint density at radius 2 is 0.980 bits per heavy atom. The number of aromatic hydroxyl groups is 1. The van der Waals surface area contributed by atoms with Gasteiger partial charge in [0.2, 0.25) is 5.91 Å². The minimum Gasteiger partial charge on any atom is -0.508 e. The molecule has 0 atom stereocenters. The molecule has 15 heteroatoms. The van der Waals surface area contributed by atoms with E-state index in [1.165, 1.54) is 0 Å². The first kappa shape index (κ1) is 42.2. The zero-order valence-corrected chi connectivity index (χ0v) is 29.1. The normalized spacial score (nSPS) is 11.1. The number of nitrogens with two attached hydrogens (primary N) is 1. The van der Waals surface area contributed by atoms with E-state index in [0.717, 1.165) is 22.2 Å².